The Bertz CT molecular complexity index is 657. The highest BCUT2D eigenvalue weighted by Gasteiger charge is 2.21. The molecule has 0 atom stereocenters. The van der Waals surface area contributed by atoms with Gasteiger partial charge in [0.05, 0.1) is 11.4 Å². The molecule has 0 spiro atoms. The molecule has 0 unspecified atom stereocenters. The number of anilines is 1. The summed E-state index contributed by atoms with van der Waals surface area (Å²) in [7, 11) is -4.66. The van der Waals surface area contributed by atoms with E-state index in [0.717, 1.165) is 4.31 Å². The maximum Gasteiger partial charge on any atom is 0.260 e. The minimum atomic E-state index is -3.94. The summed E-state index contributed by atoms with van der Waals surface area (Å²) in [6, 6.07) is 2.96. The molecule has 20 heavy (non-hydrogen) atoms. The van der Waals surface area contributed by atoms with E-state index in [1.165, 1.54) is 32.4 Å². The van der Waals surface area contributed by atoms with Crippen LogP contribution < -0.4 is 16.0 Å². The number of sulfonamides is 2. The Hall–Kier alpha value is -1.27. The van der Waals surface area contributed by atoms with Crippen LogP contribution in [-0.2, 0) is 20.0 Å². The summed E-state index contributed by atoms with van der Waals surface area (Å²) in [5.41, 5.74) is 2.34. The lowest BCUT2D eigenvalue weighted by molar-refractivity contribution is 0.519. The molecule has 0 saturated carbocycles. The number of nitrogens with two attached hydrogens (primary N) is 1. The molecule has 0 radical (unpaired) electrons. The Labute approximate surface area is 118 Å². The van der Waals surface area contributed by atoms with Crippen molar-refractivity contribution in [1.29, 1.82) is 0 Å². The summed E-state index contributed by atoms with van der Waals surface area (Å²) in [6.07, 6.45) is 1.30. The van der Waals surface area contributed by atoms with Crippen LogP contribution in [0.5, 0.6) is 0 Å². The minimum Gasteiger partial charge on any atom is -0.321 e. The number of hydrazine groups is 1. The van der Waals surface area contributed by atoms with Crippen molar-refractivity contribution in [2.75, 3.05) is 31.8 Å². The zero-order valence-corrected chi connectivity index (χ0v) is 12.7. The summed E-state index contributed by atoms with van der Waals surface area (Å²) < 4.78 is 50.2. The van der Waals surface area contributed by atoms with E-state index >= 15 is 0 Å². The van der Waals surface area contributed by atoms with Crippen molar-refractivity contribution in [3.63, 3.8) is 0 Å². The molecule has 0 aliphatic heterocycles. The first kappa shape index (κ1) is 16.8. The van der Waals surface area contributed by atoms with Gasteiger partial charge in [0, 0.05) is 26.8 Å². The topological polar surface area (TPSA) is 134 Å². The molecule has 1 rings (SSSR count). The smallest absolute Gasteiger partial charge is 0.260 e. The van der Waals surface area contributed by atoms with Crippen molar-refractivity contribution < 1.29 is 16.8 Å². The predicted molar refractivity (Wildman–Crippen MR) is 74.7 cm³/mol. The standard InChI is InChI=1S/C9H17N5O4S2/c1-14(2)19(15,16)7-6-12-20(17,18)9-8(13-10)4-3-5-11-9/h3-5,12-13H,6-7,10H2,1-2H3. The van der Waals surface area contributed by atoms with Gasteiger partial charge in [-0.15, -0.1) is 0 Å². The van der Waals surface area contributed by atoms with Crippen molar-refractivity contribution in [2.45, 2.75) is 5.03 Å². The molecule has 0 aliphatic rings. The first-order valence-electron chi connectivity index (χ1n) is 5.52. The monoisotopic (exact) mass is 323 g/mol. The van der Waals surface area contributed by atoms with Crippen molar-refractivity contribution in [1.82, 2.24) is 14.0 Å². The molecule has 1 heterocycles. The third-order valence-electron chi connectivity index (χ3n) is 2.39. The number of hydrogen-bond donors (Lipinski definition) is 3. The van der Waals surface area contributed by atoms with E-state index in [1.807, 2.05) is 0 Å². The van der Waals surface area contributed by atoms with Crippen LogP contribution in [0.3, 0.4) is 0 Å². The zero-order chi connectivity index (χ0) is 15.4. The van der Waals surface area contributed by atoms with Crippen LogP contribution in [0, 0.1) is 0 Å². The van der Waals surface area contributed by atoms with Crippen LogP contribution in [-0.4, -0.2) is 52.5 Å². The molecule has 0 amide bonds. The van der Waals surface area contributed by atoms with E-state index in [0.29, 0.717) is 0 Å². The molecule has 4 N–H and O–H groups in total. The van der Waals surface area contributed by atoms with Crippen LogP contribution in [0.2, 0.25) is 0 Å². The van der Waals surface area contributed by atoms with Gasteiger partial charge in [-0.2, -0.15) is 0 Å². The second-order valence-corrected chi connectivity index (χ2v) is 7.98. The maximum absolute atomic E-state index is 12.0. The van der Waals surface area contributed by atoms with Crippen LogP contribution in [0.4, 0.5) is 5.69 Å². The van der Waals surface area contributed by atoms with Gasteiger partial charge in [0.2, 0.25) is 10.0 Å². The Balaban J connectivity index is 2.82. The number of nitrogens with one attached hydrogen (secondary N) is 2. The molecule has 0 saturated heterocycles. The average molecular weight is 323 g/mol. The highest BCUT2D eigenvalue weighted by atomic mass is 32.2. The number of nitrogens with zero attached hydrogens (tertiary/aromatic N) is 2. The first-order valence-corrected chi connectivity index (χ1v) is 8.61. The minimum absolute atomic E-state index is 0.121. The Morgan fingerprint density at radius 3 is 2.50 bits per heavy atom. The van der Waals surface area contributed by atoms with Gasteiger partial charge in [-0.05, 0) is 12.1 Å². The second-order valence-electron chi connectivity index (χ2n) is 4.00. The van der Waals surface area contributed by atoms with Crippen LogP contribution in [0.25, 0.3) is 0 Å². The fraction of sp³-hybridized carbons (Fsp3) is 0.444. The number of nitrogen functional groups attached to an aromatic ring is 1. The molecule has 1 aromatic heterocycles. The van der Waals surface area contributed by atoms with E-state index in [1.54, 1.807) is 0 Å². The lowest BCUT2D eigenvalue weighted by Gasteiger charge is -2.12. The summed E-state index contributed by atoms with van der Waals surface area (Å²) in [5.74, 6) is 4.85. The molecule has 0 bridgehead atoms. The van der Waals surface area contributed by atoms with Crippen molar-refractivity contribution in [2.24, 2.45) is 5.84 Å². The quantitative estimate of drug-likeness (QED) is 0.412. The molecule has 0 fully saturated rings. The molecule has 1 aromatic rings. The second kappa shape index (κ2) is 6.45. The lowest BCUT2D eigenvalue weighted by atomic mass is 10.4. The van der Waals surface area contributed by atoms with Crippen molar-refractivity contribution >= 4 is 25.7 Å². The van der Waals surface area contributed by atoms with Crippen molar-refractivity contribution in [3.05, 3.63) is 18.3 Å². The summed E-state index contributed by atoms with van der Waals surface area (Å²) in [5, 5.41) is -0.287. The first-order chi connectivity index (χ1) is 9.20. The molecule has 0 aromatic carbocycles. The van der Waals surface area contributed by atoms with Gasteiger partial charge in [-0.3, -0.25) is 5.84 Å². The van der Waals surface area contributed by atoms with Crippen LogP contribution >= 0.6 is 0 Å². The van der Waals surface area contributed by atoms with E-state index in [-0.39, 0.29) is 23.0 Å². The summed E-state index contributed by atoms with van der Waals surface area (Å²) in [6.45, 7) is -0.260. The molecule has 9 nitrogen and oxygen atoms in total. The van der Waals surface area contributed by atoms with Gasteiger partial charge in [0.1, 0.15) is 0 Å². The Kier molecular flexibility index (Phi) is 5.42. The molecule has 114 valence electrons. The van der Waals surface area contributed by atoms with Gasteiger partial charge >= 0.3 is 0 Å². The predicted octanol–water partition coefficient (Wildman–Crippen LogP) is -1.46. The maximum atomic E-state index is 12.0. The Morgan fingerprint density at radius 2 is 1.95 bits per heavy atom. The van der Waals surface area contributed by atoms with Crippen molar-refractivity contribution in [3.8, 4) is 0 Å². The van der Waals surface area contributed by atoms with Gasteiger partial charge in [0.15, 0.2) is 5.03 Å². The highest BCUT2D eigenvalue weighted by molar-refractivity contribution is 7.90. The molecular weight excluding hydrogens is 306 g/mol. The SMILES string of the molecule is CN(C)S(=O)(=O)CCNS(=O)(=O)c1ncccc1NN. The molecule has 0 aliphatic carbocycles. The van der Waals surface area contributed by atoms with E-state index < -0.39 is 20.0 Å². The average Bonchev–Trinajstić information content (AvgIpc) is 2.38. The zero-order valence-electron chi connectivity index (χ0n) is 11.1. The number of aromatic nitrogens is 1. The number of hydrogen-bond acceptors (Lipinski definition) is 7. The third kappa shape index (κ3) is 4.11. The van der Waals surface area contributed by atoms with E-state index in [4.69, 9.17) is 5.84 Å². The number of rotatable bonds is 7. The van der Waals surface area contributed by atoms with Gasteiger partial charge in [-0.25, -0.2) is 30.8 Å². The lowest BCUT2D eigenvalue weighted by Crippen LogP contribution is -2.34. The fourth-order valence-electron chi connectivity index (χ4n) is 1.27. The van der Waals surface area contributed by atoms with Gasteiger partial charge in [0.25, 0.3) is 10.0 Å². The number of pyridine rings is 1. The summed E-state index contributed by atoms with van der Waals surface area (Å²) in [4.78, 5) is 3.72. The summed E-state index contributed by atoms with van der Waals surface area (Å²) >= 11 is 0. The van der Waals surface area contributed by atoms with E-state index in [9.17, 15) is 16.8 Å². The fourth-order valence-corrected chi connectivity index (χ4v) is 3.25. The van der Waals surface area contributed by atoms with Crippen LogP contribution in [0.1, 0.15) is 0 Å². The third-order valence-corrected chi connectivity index (χ3v) is 5.64. The van der Waals surface area contributed by atoms with Crippen LogP contribution in [0.15, 0.2) is 23.4 Å². The van der Waals surface area contributed by atoms with Gasteiger partial charge < -0.3 is 5.43 Å². The largest absolute Gasteiger partial charge is 0.321 e. The van der Waals surface area contributed by atoms with E-state index in [2.05, 4.69) is 15.1 Å². The Morgan fingerprint density at radius 1 is 1.30 bits per heavy atom. The molecular formula is C9H17N5O4S2. The molecule has 11 heteroatoms. The normalized spacial score (nSPS) is 12.6. The van der Waals surface area contributed by atoms with Gasteiger partial charge in [-0.1, -0.05) is 0 Å². The highest BCUT2D eigenvalue weighted by Crippen LogP contribution is 2.15.